The fraction of sp³-hybridized carbons (Fsp3) is 0.611. The van der Waals surface area contributed by atoms with Gasteiger partial charge in [-0.15, -0.1) is 0 Å². The van der Waals surface area contributed by atoms with Crippen LogP contribution in [-0.2, 0) is 22.9 Å². The predicted molar refractivity (Wildman–Crippen MR) is 92.3 cm³/mol. The first-order valence-electron chi connectivity index (χ1n) is 8.53. The fourth-order valence-corrected chi connectivity index (χ4v) is 5.84. The molecule has 1 fully saturated rings. The number of hydrogen-bond donors (Lipinski definition) is 0. The van der Waals surface area contributed by atoms with E-state index in [0.29, 0.717) is 38.8 Å². The molecule has 24 heavy (non-hydrogen) atoms. The molecule has 2 aliphatic rings. The van der Waals surface area contributed by atoms with Gasteiger partial charge in [0.1, 0.15) is 5.75 Å². The molecule has 1 aromatic carbocycles. The van der Waals surface area contributed by atoms with Crippen LogP contribution in [0.25, 0.3) is 0 Å². The van der Waals surface area contributed by atoms with Gasteiger partial charge in [-0.2, -0.15) is 5.26 Å². The molecule has 0 atom stereocenters. The van der Waals surface area contributed by atoms with Crippen LogP contribution in [0.3, 0.4) is 0 Å². The van der Waals surface area contributed by atoms with Crippen LogP contribution in [0.1, 0.15) is 36.8 Å². The monoisotopic (exact) mass is 348 g/mol. The summed E-state index contributed by atoms with van der Waals surface area (Å²) in [4.78, 5) is 0. The van der Waals surface area contributed by atoms with E-state index in [4.69, 9.17) is 4.74 Å². The zero-order valence-electron chi connectivity index (χ0n) is 14.1. The van der Waals surface area contributed by atoms with Crippen LogP contribution >= 0.6 is 0 Å². The molecular formula is C18H24N2O3S. The van der Waals surface area contributed by atoms with Gasteiger partial charge in [-0.05, 0) is 48.9 Å². The molecule has 1 heterocycles. The fourth-order valence-electron chi connectivity index (χ4n) is 3.87. The van der Waals surface area contributed by atoms with E-state index >= 15 is 0 Å². The molecule has 3 rings (SSSR count). The summed E-state index contributed by atoms with van der Waals surface area (Å²) in [5.74, 6) is 0.773. The molecule has 1 aromatic rings. The minimum absolute atomic E-state index is 0.0316. The number of ether oxygens (including phenoxy) is 1. The van der Waals surface area contributed by atoms with Crippen LogP contribution in [-0.4, -0.2) is 38.7 Å². The number of hydrogen-bond acceptors (Lipinski definition) is 4. The Morgan fingerprint density at radius 1 is 1.21 bits per heavy atom. The molecule has 1 saturated carbocycles. The summed E-state index contributed by atoms with van der Waals surface area (Å²) in [5.41, 5.74) is 1.66. The maximum Gasteiger partial charge on any atom is 0.215 e. The van der Waals surface area contributed by atoms with Gasteiger partial charge in [0, 0.05) is 13.1 Å². The number of methoxy groups -OCH3 is 1. The summed E-state index contributed by atoms with van der Waals surface area (Å²) in [5, 5.41) is 9.49. The SMILES string of the molecule is COc1ccc2c(c1)CCN(S(=O)(=O)CC1(C#N)CCCC1)CC2. The minimum atomic E-state index is -3.41. The summed E-state index contributed by atoms with van der Waals surface area (Å²) in [7, 11) is -1.78. The molecule has 5 nitrogen and oxygen atoms in total. The molecule has 0 saturated heterocycles. The lowest BCUT2D eigenvalue weighted by Crippen LogP contribution is -2.39. The van der Waals surface area contributed by atoms with Crippen LogP contribution in [0.4, 0.5) is 0 Å². The third-order valence-corrected chi connectivity index (χ3v) is 7.39. The summed E-state index contributed by atoms with van der Waals surface area (Å²) in [6.07, 6.45) is 4.70. The Balaban J connectivity index is 1.75. The van der Waals surface area contributed by atoms with Gasteiger partial charge in [-0.25, -0.2) is 12.7 Å². The standard InChI is InChI=1S/C18H24N2O3S/c1-23-17-5-4-15-6-10-20(11-7-16(15)12-17)24(21,22)14-18(13-19)8-2-3-9-18/h4-5,12H,2-3,6-11,14H2,1H3. The lowest BCUT2D eigenvalue weighted by atomic mass is 9.91. The van der Waals surface area contributed by atoms with Crippen LogP contribution in [0.15, 0.2) is 18.2 Å². The average molecular weight is 348 g/mol. The topological polar surface area (TPSA) is 70.4 Å². The highest BCUT2D eigenvalue weighted by molar-refractivity contribution is 7.89. The van der Waals surface area contributed by atoms with Crippen molar-refractivity contribution in [2.24, 2.45) is 5.41 Å². The van der Waals surface area contributed by atoms with E-state index in [1.165, 1.54) is 5.56 Å². The molecule has 0 unspecified atom stereocenters. The Morgan fingerprint density at radius 2 is 1.88 bits per heavy atom. The Hall–Kier alpha value is -1.58. The summed E-state index contributed by atoms with van der Waals surface area (Å²) in [6, 6.07) is 8.25. The highest BCUT2D eigenvalue weighted by Gasteiger charge is 2.40. The Bertz CT molecular complexity index is 746. The molecule has 1 aliphatic heterocycles. The molecule has 0 spiro atoms. The number of fused-ring (bicyclic) bond motifs is 1. The maximum atomic E-state index is 12.9. The van der Waals surface area contributed by atoms with E-state index in [9.17, 15) is 13.7 Å². The van der Waals surface area contributed by atoms with Crippen LogP contribution in [0, 0.1) is 16.7 Å². The third kappa shape index (κ3) is 3.42. The van der Waals surface area contributed by atoms with Crippen molar-refractivity contribution in [3.8, 4) is 11.8 Å². The molecule has 0 bridgehead atoms. The molecule has 0 aromatic heterocycles. The van der Waals surface area contributed by atoms with Crippen molar-refractivity contribution >= 4 is 10.0 Å². The van der Waals surface area contributed by atoms with Crippen molar-refractivity contribution in [3.05, 3.63) is 29.3 Å². The van der Waals surface area contributed by atoms with Crippen molar-refractivity contribution in [2.45, 2.75) is 38.5 Å². The van der Waals surface area contributed by atoms with Gasteiger partial charge < -0.3 is 4.74 Å². The normalized spacial score (nSPS) is 20.8. The summed E-state index contributed by atoms with van der Waals surface area (Å²) >= 11 is 0. The van der Waals surface area contributed by atoms with Crippen molar-refractivity contribution in [1.82, 2.24) is 4.31 Å². The van der Waals surface area contributed by atoms with Crippen molar-refractivity contribution in [2.75, 3.05) is 26.0 Å². The number of nitriles is 1. The molecule has 0 N–H and O–H groups in total. The number of sulfonamides is 1. The van der Waals surface area contributed by atoms with E-state index in [1.54, 1.807) is 11.4 Å². The van der Waals surface area contributed by atoms with Gasteiger partial charge in [0.2, 0.25) is 10.0 Å². The highest BCUT2D eigenvalue weighted by atomic mass is 32.2. The smallest absolute Gasteiger partial charge is 0.215 e. The molecule has 0 amide bonds. The second kappa shape index (κ2) is 6.73. The number of nitrogens with zero attached hydrogens (tertiary/aromatic N) is 2. The zero-order chi connectivity index (χ0) is 17.2. The Labute approximate surface area is 144 Å². The van der Waals surface area contributed by atoms with Crippen molar-refractivity contribution in [3.63, 3.8) is 0 Å². The van der Waals surface area contributed by atoms with E-state index in [1.807, 2.05) is 18.2 Å². The molecule has 130 valence electrons. The van der Waals surface area contributed by atoms with E-state index in [-0.39, 0.29) is 5.75 Å². The van der Waals surface area contributed by atoms with Crippen LogP contribution in [0.2, 0.25) is 0 Å². The minimum Gasteiger partial charge on any atom is -0.497 e. The lowest BCUT2D eigenvalue weighted by Gasteiger charge is -2.26. The predicted octanol–water partition coefficient (Wildman–Crippen LogP) is 2.51. The first-order chi connectivity index (χ1) is 11.5. The van der Waals surface area contributed by atoms with Crippen LogP contribution < -0.4 is 4.74 Å². The van der Waals surface area contributed by atoms with Crippen molar-refractivity contribution < 1.29 is 13.2 Å². The molecule has 6 heteroatoms. The van der Waals surface area contributed by atoms with E-state index < -0.39 is 15.4 Å². The average Bonchev–Trinajstić information content (AvgIpc) is 2.92. The number of benzene rings is 1. The molecular weight excluding hydrogens is 324 g/mol. The molecule has 0 radical (unpaired) electrons. The maximum absolute atomic E-state index is 12.9. The second-order valence-electron chi connectivity index (χ2n) is 6.89. The van der Waals surface area contributed by atoms with Gasteiger partial charge in [0.25, 0.3) is 0 Å². The van der Waals surface area contributed by atoms with Crippen LogP contribution in [0.5, 0.6) is 5.75 Å². The first kappa shape index (κ1) is 17.2. The van der Waals surface area contributed by atoms with Gasteiger partial charge >= 0.3 is 0 Å². The van der Waals surface area contributed by atoms with Gasteiger partial charge in [0.05, 0.1) is 24.3 Å². The molecule has 1 aliphatic carbocycles. The quantitative estimate of drug-likeness (QED) is 0.838. The Kier molecular flexibility index (Phi) is 4.84. The largest absolute Gasteiger partial charge is 0.497 e. The van der Waals surface area contributed by atoms with Gasteiger partial charge in [-0.1, -0.05) is 18.9 Å². The summed E-state index contributed by atoms with van der Waals surface area (Å²) < 4.78 is 32.6. The second-order valence-corrected chi connectivity index (χ2v) is 8.86. The number of rotatable bonds is 4. The Morgan fingerprint density at radius 3 is 2.50 bits per heavy atom. The van der Waals surface area contributed by atoms with Crippen molar-refractivity contribution in [1.29, 1.82) is 5.26 Å². The van der Waals surface area contributed by atoms with E-state index in [0.717, 1.165) is 24.2 Å². The van der Waals surface area contributed by atoms with Gasteiger partial charge in [0.15, 0.2) is 0 Å². The van der Waals surface area contributed by atoms with Gasteiger partial charge in [-0.3, -0.25) is 0 Å². The lowest BCUT2D eigenvalue weighted by molar-refractivity contribution is 0.397. The first-order valence-corrected chi connectivity index (χ1v) is 10.1. The van der Waals surface area contributed by atoms with E-state index in [2.05, 4.69) is 6.07 Å². The summed E-state index contributed by atoms with van der Waals surface area (Å²) in [6.45, 7) is 0.965. The zero-order valence-corrected chi connectivity index (χ0v) is 14.9. The highest BCUT2D eigenvalue weighted by Crippen LogP contribution is 2.39. The third-order valence-electron chi connectivity index (χ3n) is 5.32.